The van der Waals surface area contributed by atoms with E-state index < -0.39 is 7.92 Å². The Balaban J connectivity index is 1.09. The van der Waals surface area contributed by atoms with Gasteiger partial charge in [-0.1, -0.05) is 164 Å². The van der Waals surface area contributed by atoms with Gasteiger partial charge in [-0.2, -0.15) is 0 Å². The Kier molecular flexibility index (Phi) is 6.50. The van der Waals surface area contributed by atoms with Gasteiger partial charge in [-0.25, -0.2) is 9.97 Å². The molecule has 10 rings (SSSR count). The average Bonchev–Trinajstić information content (AvgIpc) is 3.48. The Morgan fingerprint density at radius 3 is 1.39 bits per heavy atom. The van der Waals surface area contributed by atoms with Crippen molar-refractivity contribution in [1.82, 2.24) is 9.97 Å². The van der Waals surface area contributed by atoms with E-state index in [0.29, 0.717) is 0 Å². The van der Waals surface area contributed by atoms with Gasteiger partial charge in [0, 0.05) is 16.5 Å². The molecule has 1 aliphatic carbocycles. The van der Waals surface area contributed by atoms with Crippen molar-refractivity contribution in [3.63, 3.8) is 0 Å². The number of para-hydroxylation sites is 2. The molecule has 3 heteroatoms. The second-order valence-electron chi connectivity index (χ2n) is 12.6. The van der Waals surface area contributed by atoms with Crippen LogP contribution in [0, 0.1) is 0 Å². The van der Waals surface area contributed by atoms with Gasteiger partial charge in [-0.05, 0) is 74.4 Å². The number of hydrogen-bond donors (Lipinski definition) is 0. The smallest absolute Gasteiger partial charge is 0.0979 e. The van der Waals surface area contributed by atoms with E-state index in [-0.39, 0.29) is 0 Å². The minimum Gasteiger partial charge on any atom is -0.244 e. The minimum atomic E-state index is -0.650. The largest absolute Gasteiger partial charge is 0.244 e. The fourth-order valence-electron chi connectivity index (χ4n) is 7.59. The molecule has 0 saturated carbocycles. The van der Waals surface area contributed by atoms with Gasteiger partial charge in [0.2, 0.25) is 0 Å². The van der Waals surface area contributed by atoms with Crippen molar-refractivity contribution in [2.24, 2.45) is 0 Å². The van der Waals surface area contributed by atoms with Crippen LogP contribution < -0.4 is 15.9 Å². The maximum atomic E-state index is 5.08. The lowest BCUT2D eigenvalue weighted by Crippen LogP contribution is -2.20. The van der Waals surface area contributed by atoms with Crippen LogP contribution in [-0.2, 0) is 0 Å². The summed E-state index contributed by atoms with van der Waals surface area (Å²) in [7, 11) is -0.650. The fraction of sp³-hybridized carbons (Fsp3) is 0. The SMILES string of the molecule is c1ccc(P(c2ccccc2)c2ccc(-c3ccc(-c4ccc5c6c(cccc46)-c4nc6ccccc6nc4-5)c4ccccc34)cc2)cc1. The molecule has 2 nitrogen and oxygen atoms in total. The van der Waals surface area contributed by atoms with Crippen LogP contribution in [0.2, 0.25) is 0 Å². The van der Waals surface area contributed by atoms with E-state index in [9.17, 15) is 0 Å². The number of benzene rings is 8. The molecule has 0 N–H and O–H groups in total. The van der Waals surface area contributed by atoms with Crippen molar-refractivity contribution in [2.45, 2.75) is 0 Å². The van der Waals surface area contributed by atoms with E-state index in [1.165, 1.54) is 59.7 Å². The molecule has 0 atom stereocenters. The highest BCUT2D eigenvalue weighted by Gasteiger charge is 2.26. The van der Waals surface area contributed by atoms with Gasteiger partial charge in [0.25, 0.3) is 0 Å². The van der Waals surface area contributed by atoms with Gasteiger partial charge < -0.3 is 0 Å². The van der Waals surface area contributed by atoms with Crippen molar-refractivity contribution >= 4 is 56.4 Å². The summed E-state index contributed by atoms with van der Waals surface area (Å²) >= 11 is 0. The first kappa shape index (κ1) is 28.1. The summed E-state index contributed by atoms with van der Waals surface area (Å²) < 4.78 is 0. The van der Waals surface area contributed by atoms with Crippen molar-refractivity contribution in [2.75, 3.05) is 0 Å². The Bertz CT molecular complexity index is 2610. The summed E-state index contributed by atoms with van der Waals surface area (Å²) in [5.41, 5.74) is 11.1. The summed E-state index contributed by atoms with van der Waals surface area (Å²) in [6, 6.07) is 63.8. The molecule has 0 bridgehead atoms. The lowest BCUT2D eigenvalue weighted by Gasteiger charge is -2.20. The van der Waals surface area contributed by atoms with E-state index in [4.69, 9.17) is 9.97 Å². The molecule has 228 valence electrons. The van der Waals surface area contributed by atoms with Crippen LogP contribution in [0.5, 0.6) is 0 Å². The second kappa shape index (κ2) is 11.3. The molecular formula is C46H29N2P. The Labute approximate surface area is 286 Å². The van der Waals surface area contributed by atoms with Crippen LogP contribution in [0.4, 0.5) is 0 Å². The minimum absolute atomic E-state index is 0.650. The summed E-state index contributed by atoms with van der Waals surface area (Å²) in [6.45, 7) is 0. The van der Waals surface area contributed by atoms with Crippen LogP contribution in [-0.4, -0.2) is 9.97 Å². The van der Waals surface area contributed by atoms with Crippen molar-refractivity contribution < 1.29 is 0 Å². The summed E-state index contributed by atoms with van der Waals surface area (Å²) in [5.74, 6) is 0. The van der Waals surface area contributed by atoms with Gasteiger partial charge in [-0.3, -0.25) is 0 Å². The number of fused-ring (bicyclic) bond motifs is 5. The van der Waals surface area contributed by atoms with Gasteiger partial charge in [0.05, 0.1) is 22.4 Å². The first-order valence-electron chi connectivity index (χ1n) is 16.7. The molecule has 1 aromatic heterocycles. The van der Waals surface area contributed by atoms with Gasteiger partial charge >= 0.3 is 0 Å². The maximum Gasteiger partial charge on any atom is 0.0979 e. The normalized spacial score (nSPS) is 11.9. The number of rotatable bonds is 5. The third-order valence-electron chi connectivity index (χ3n) is 9.80. The lowest BCUT2D eigenvalue weighted by molar-refractivity contribution is 1.32. The monoisotopic (exact) mass is 640 g/mol. The van der Waals surface area contributed by atoms with Gasteiger partial charge in [-0.15, -0.1) is 0 Å². The second-order valence-corrected chi connectivity index (χ2v) is 14.8. The number of nitrogens with zero attached hydrogens (tertiary/aromatic N) is 2. The number of hydrogen-bond acceptors (Lipinski definition) is 2. The zero-order valence-electron chi connectivity index (χ0n) is 26.6. The third-order valence-corrected chi connectivity index (χ3v) is 12.2. The summed E-state index contributed by atoms with van der Waals surface area (Å²) in [6.07, 6.45) is 0. The molecule has 1 heterocycles. The molecule has 9 aromatic rings. The molecule has 1 aliphatic rings. The maximum absolute atomic E-state index is 5.08. The van der Waals surface area contributed by atoms with Crippen LogP contribution in [0.3, 0.4) is 0 Å². The van der Waals surface area contributed by atoms with Crippen molar-refractivity contribution in [1.29, 1.82) is 0 Å². The molecule has 49 heavy (non-hydrogen) atoms. The third kappa shape index (κ3) is 4.53. The molecule has 0 saturated heterocycles. The topological polar surface area (TPSA) is 25.8 Å². The molecule has 0 aliphatic heterocycles. The first-order valence-corrected chi connectivity index (χ1v) is 18.0. The van der Waals surface area contributed by atoms with Crippen LogP contribution in [0.1, 0.15) is 0 Å². The van der Waals surface area contributed by atoms with Gasteiger partial charge in [0.15, 0.2) is 0 Å². The lowest BCUT2D eigenvalue weighted by atomic mass is 9.89. The zero-order chi connectivity index (χ0) is 32.3. The molecule has 0 unspecified atom stereocenters. The molecule has 0 spiro atoms. The van der Waals surface area contributed by atoms with E-state index in [0.717, 1.165) is 33.5 Å². The van der Waals surface area contributed by atoms with E-state index in [2.05, 4.69) is 152 Å². The van der Waals surface area contributed by atoms with E-state index in [1.807, 2.05) is 24.3 Å². The van der Waals surface area contributed by atoms with Gasteiger partial charge in [0.1, 0.15) is 0 Å². The predicted octanol–water partition coefficient (Wildman–Crippen LogP) is 10.7. The van der Waals surface area contributed by atoms with Crippen LogP contribution >= 0.6 is 7.92 Å². The molecule has 8 aromatic carbocycles. The first-order chi connectivity index (χ1) is 24.3. The highest BCUT2D eigenvalue weighted by Crippen LogP contribution is 2.49. The Morgan fingerprint density at radius 2 is 0.755 bits per heavy atom. The van der Waals surface area contributed by atoms with Crippen molar-refractivity contribution in [3.05, 3.63) is 176 Å². The van der Waals surface area contributed by atoms with Crippen molar-refractivity contribution in [3.8, 4) is 44.8 Å². The molecule has 0 radical (unpaired) electrons. The predicted molar refractivity (Wildman–Crippen MR) is 209 cm³/mol. The number of aromatic nitrogens is 2. The molecule has 0 amide bonds. The Hall–Kier alpha value is -5.95. The zero-order valence-corrected chi connectivity index (χ0v) is 27.5. The highest BCUT2D eigenvalue weighted by molar-refractivity contribution is 7.79. The standard InChI is InChI=1S/C46H29N2P/c1-3-12-31(13-4-1)49(32-14-5-2-6-15-32)33-24-22-30(23-25-33)34-26-27-37(36-17-8-7-16-35(34)36)38-28-29-41-44-39(38)18-11-19-40(44)45-46(41)48-43-21-10-9-20-42(43)47-45/h1-29H. The van der Waals surface area contributed by atoms with Crippen LogP contribution in [0.15, 0.2) is 176 Å². The molecular weight excluding hydrogens is 611 g/mol. The molecule has 0 fully saturated rings. The fourth-order valence-corrected chi connectivity index (χ4v) is 9.87. The Morgan fingerprint density at radius 1 is 0.306 bits per heavy atom. The van der Waals surface area contributed by atoms with E-state index >= 15 is 0 Å². The average molecular weight is 641 g/mol. The van der Waals surface area contributed by atoms with Crippen LogP contribution in [0.25, 0.3) is 77.3 Å². The highest BCUT2D eigenvalue weighted by atomic mass is 31.1. The van der Waals surface area contributed by atoms with E-state index in [1.54, 1.807) is 0 Å². The quantitative estimate of drug-likeness (QED) is 0.175. The summed E-state index contributed by atoms with van der Waals surface area (Å²) in [4.78, 5) is 10.2. The summed E-state index contributed by atoms with van der Waals surface area (Å²) in [5, 5.41) is 9.04.